The molecule has 17 heavy (non-hydrogen) atoms. The van der Waals surface area contributed by atoms with Gasteiger partial charge in [0.15, 0.2) is 0 Å². The molecule has 0 radical (unpaired) electrons. The lowest BCUT2D eigenvalue weighted by Crippen LogP contribution is -2.42. The van der Waals surface area contributed by atoms with E-state index in [0.29, 0.717) is 17.4 Å². The summed E-state index contributed by atoms with van der Waals surface area (Å²) >= 11 is 3.65. The summed E-state index contributed by atoms with van der Waals surface area (Å²) in [5.74, 6) is 0.648. The summed E-state index contributed by atoms with van der Waals surface area (Å²) < 4.78 is 0. The van der Waals surface area contributed by atoms with Gasteiger partial charge >= 0.3 is 0 Å². The molecule has 0 aliphatic heterocycles. The number of nitrogens with zero attached hydrogens (tertiary/aromatic N) is 1. The highest BCUT2D eigenvalue weighted by Crippen LogP contribution is 2.31. The van der Waals surface area contributed by atoms with Crippen molar-refractivity contribution in [3.05, 3.63) is 0 Å². The van der Waals surface area contributed by atoms with Gasteiger partial charge in [0, 0.05) is 24.5 Å². The van der Waals surface area contributed by atoms with Crippen molar-refractivity contribution in [3.8, 4) is 0 Å². The van der Waals surface area contributed by atoms with Crippen LogP contribution in [0.15, 0.2) is 0 Å². The normalized spacial score (nSPS) is 20.1. The van der Waals surface area contributed by atoms with Gasteiger partial charge in [-0.1, -0.05) is 49.5 Å². The monoisotopic (exact) mass is 305 g/mol. The van der Waals surface area contributed by atoms with Crippen molar-refractivity contribution < 1.29 is 5.11 Å². The van der Waals surface area contributed by atoms with Crippen molar-refractivity contribution in [1.82, 2.24) is 4.90 Å². The molecule has 1 aliphatic carbocycles. The van der Waals surface area contributed by atoms with E-state index in [1.54, 1.807) is 0 Å². The maximum atomic E-state index is 9.23. The van der Waals surface area contributed by atoms with Crippen LogP contribution >= 0.6 is 15.9 Å². The first-order valence-corrected chi connectivity index (χ1v) is 8.02. The zero-order valence-electron chi connectivity index (χ0n) is 11.6. The summed E-state index contributed by atoms with van der Waals surface area (Å²) in [6.45, 7) is 9.17. The third kappa shape index (κ3) is 4.88. The zero-order chi connectivity index (χ0) is 12.9. The quantitative estimate of drug-likeness (QED) is 0.761. The SMILES string of the molecule is CC(C)(C)C(CBr)CN(CCO)C1CCCC1. The number of aliphatic hydroxyl groups is 1. The van der Waals surface area contributed by atoms with E-state index in [0.717, 1.165) is 18.4 Å². The number of halogens is 1. The lowest BCUT2D eigenvalue weighted by molar-refractivity contribution is 0.104. The van der Waals surface area contributed by atoms with Gasteiger partial charge < -0.3 is 5.11 Å². The Morgan fingerprint density at radius 1 is 1.29 bits per heavy atom. The van der Waals surface area contributed by atoms with Gasteiger partial charge in [0.25, 0.3) is 0 Å². The molecule has 102 valence electrons. The highest BCUT2D eigenvalue weighted by Gasteiger charge is 2.29. The summed E-state index contributed by atoms with van der Waals surface area (Å²) in [5.41, 5.74) is 0.329. The molecule has 0 aromatic carbocycles. The Kier molecular flexibility index (Phi) is 6.46. The Hall–Kier alpha value is 0.400. The lowest BCUT2D eigenvalue weighted by atomic mass is 9.81. The molecule has 1 atom stereocenters. The number of aliphatic hydroxyl groups excluding tert-OH is 1. The van der Waals surface area contributed by atoms with Gasteiger partial charge in [-0.3, -0.25) is 4.90 Å². The second-order valence-corrected chi connectivity index (χ2v) is 7.02. The Labute approximate surface area is 115 Å². The molecule has 1 fully saturated rings. The van der Waals surface area contributed by atoms with E-state index in [2.05, 4.69) is 41.6 Å². The van der Waals surface area contributed by atoms with Gasteiger partial charge in [-0.05, 0) is 24.2 Å². The molecule has 1 aliphatic rings. The molecule has 1 rings (SSSR count). The maximum Gasteiger partial charge on any atom is 0.0558 e. The molecule has 3 heteroatoms. The van der Waals surface area contributed by atoms with Crippen molar-refractivity contribution >= 4 is 15.9 Å². The van der Waals surface area contributed by atoms with E-state index >= 15 is 0 Å². The molecular formula is C14H28BrNO. The molecule has 0 aromatic heterocycles. The van der Waals surface area contributed by atoms with Crippen LogP contribution in [-0.4, -0.2) is 41.1 Å². The molecule has 1 N–H and O–H groups in total. The number of alkyl halides is 1. The smallest absolute Gasteiger partial charge is 0.0558 e. The minimum Gasteiger partial charge on any atom is -0.395 e. The molecule has 0 bridgehead atoms. The standard InChI is InChI=1S/C14H28BrNO/c1-14(2,3)12(10-15)11-16(8-9-17)13-6-4-5-7-13/h12-13,17H,4-11H2,1-3H3. The number of hydrogen-bond acceptors (Lipinski definition) is 2. The Morgan fingerprint density at radius 2 is 1.88 bits per heavy atom. The minimum absolute atomic E-state index is 0.287. The van der Waals surface area contributed by atoms with Crippen LogP contribution in [0.3, 0.4) is 0 Å². The molecule has 2 nitrogen and oxygen atoms in total. The van der Waals surface area contributed by atoms with Crippen LogP contribution < -0.4 is 0 Å². The summed E-state index contributed by atoms with van der Waals surface area (Å²) in [6.07, 6.45) is 5.36. The van der Waals surface area contributed by atoms with E-state index in [4.69, 9.17) is 0 Å². The predicted octanol–water partition coefficient (Wildman–Crippen LogP) is 3.28. The van der Waals surface area contributed by atoms with E-state index in [-0.39, 0.29) is 6.61 Å². The summed E-state index contributed by atoms with van der Waals surface area (Å²) in [6, 6.07) is 0.714. The predicted molar refractivity (Wildman–Crippen MR) is 77.7 cm³/mol. The fraction of sp³-hybridized carbons (Fsp3) is 1.00. The highest BCUT2D eigenvalue weighted by atomic mass is 79.9. The van der Waals surface area contributed by atoms with Crippen LogP contribution in [0.5, 0.6) is 0 Å². The van der Waals surface area contributed by atoms with Gasteiger partial charge in [0.2, 0.25) is 0 Å². The summed E-state index contributed by atoms with van der Waals surface area (Å²) in [5, 5.41) is 10.3. The summed E-state index contributed by atoms with van der Waals surface area (Å²) in [7, 11) is 0. The van der Waals surface area contributed by atoms with Crippen LogP contribution in [-0.2, 0) is 0 Å². The average Bonchev–Trinajstić information content (AvgIpc) is 2.75. The van der Waals surface area contributed by atoms with Crippen molar-refractivity contribution in [1.29, 1.82) is 0 Å². The molecule has 0 amide bonds. The van der Waals surface area contributed by atoms with E-state index in [1.807, 2.05) is 0 Å². The first-order valence-electron chi connectivity index (χ1n) is 6.90. The molecule has 0 spiro atoms. The molecule has 0 aromatic rings. The van der Waals surface area contributed by atoms with Gasteiger partial charge in [-0.25, -0.2) is 0 Å². The van der Waals surface area contributed by atoms with Crippen molar-refractivity contribution in [3.63, 3.8) is 0 Å². The Bertz CT molecular complexity index is 209. The van der Waals surface area contributed by atoms with E-state index < -0.39 is 0 Å². The summed E-state index contributed by atoms with van der Waals surface area (Å²) in [4.78, 5) is 2.52. The topological polar surface area (TPSA) is 23.5 Å². The van der Waals surface area contributed by atoms with Crippen molar-refractivity contribution in [2.45, 2.75) is 52.5 Å². The second-order valence-electron chi connectivity index (χ2n) is 6.37. The maximum absolute atomic E-state index is 9.23. The van der Waals surface area contributed by atoms with Crippen LogP contribution in [0, 0.1) is 11.3 Å². The molecule has 1 saturated carbocycles. The third-order valence-electron chi connectivity index (χ3n) is 4.09. The highest BCUT2D eigenvalue weighted by molar-refractivity contribution is 9.09. The zero-order valence-corrected chi connectivity index (χ0v) is 13.2. The Balaban J connectivity index is 2.57. The van der Waals surface area contributed by atoms with E-state index in [9.17, 15) is 5.11 Å². The first-order chi connectivity index (χ1) is 7.99. The van der Waals surface area contributed by atoms with Gasteiger partial charge in [0.1, 0.15) is 0 Å². The van der Waals surface area contributed by atoms with Gasteiger partial charge in [-0.2, -0.15) is 0 Å². The number of rotatable bonds is 6. The largest absolute Gasteiger partial charge is 0.395 e. The lowest BCUT2D eigenvalue weighted by Gasteiger charge is -2.37. The van der Waals surface area contributed by atoms with Gasteiger partial charge in [0.05, 0.1) is 6.61 Å². The first kappa shape index (κ1) is 15.5. The fourth-order valence-electron chi connectivity index (χ4n) is 2.66. The molecular weight excluding hydrogens is 278 g/mol. The molecule has 0 heterocycles. The third-order valence-corrected chi connectivity index (χ3v) is 4.88. The van der Waals surface area contributed by atoms with Crippen LogP contribution in [0.2, 0.25) is 0 Å². The molecule has 1 unspecified atom stereocenters. The second kappa shape index (κ2) is 7.10. The number of hydrogen-bond donors (Lipinski definition) is 1. The Morgan fingerprint density at radius 3 is 2.29 bits per heavy atom. The molecule has 0 saturated heterocycles. The van der Waals surface area contributed by atoms with Gasteiger partial charge in [-0.15, -0.1) is 0 Å². The van der Waals surface area contributed by atoms with Crippen molar-refractivity contribution in [2.75, 3.05) is 25.0 Å². The van der Waals surface area contributed by atoms with Crippen LogP contribution in [0.25, 0.3) is 0 Å². The van der Waals surface area contributed by atoms with Crippen molar-refractivity contribution in [2.24, 2.45) is 11.3 Å². The van der Waals surface area contributed by atoms with E-state index in [1.165, 1.54) is 25.7 Å². The average molecular weight is 306 g/mol. The fourth-order valence-corrected chi connectivity index (χ4v) is 3.83. The van der Waals surface area contributed by atoms with Crippen LogP contribution in [0.4, 0.5) is 0 Å². The minimum atomic E-state index is 0.287. The van der Waals surface area contributed by atoms with Crippen LogP contribution in [0.1, 0.15) is 46.5 Å².